The standard InChI is InChI=1S/C42H56ClN2/c1-7-9-11-17-30-44-36-24-15-13-22-34(36)41(3,4)38(44)28-26-32-20-19-21-33(40(32)43)27-29-39-42(5,6)35-23-14-16-25-37(35)45(39)31-18-12-10-8-2/h13-16,22-29H,7-12,17-21,30-31H2,1-6H3/q+1. The van der Waals surface area contributed by atoms with Gasteiger partial charge >= 0.3 is 0 Å². The molecule has 0 atom stereocenters. The molecule has 0 amide bonds. The molecule has 0 saturated heterocycles. The number of unbranched alkanes of at least 4 members (excludes halogenated alkanes) is 6. The SMILES string of the molecule is CCCCCCN1/C(=C/C=C2\CCCC(/C=C/C3=[N+](CCCCCC)c4ccccc4C3(C)C)=C2Cl)C(C)(C)c2ccccc21. The highest BCUT2D eigenvalue weighted by Crippen LogP contribution is 2.48. The van der Waals surface area contributed by atoms with E-state index in [2.05, 4.69) is 124 Å². The first kappa shape index (κ1) is 33.5. The average Bonchev–Trinajstić information content (AvgIpc) is 3.38. The average molecular weight is 624 g/mol. The molecule has 0 bridgehead atoms. The molecule has 0 spiro atoms. The van der Waals surface area contributed by atoms with Gasteiger partial charge in [0, 0.05) is 52.5 Å². The molecular weight excluding hydrogens is 568 g/mol. The molecule has 240 valence electrons. The van der Waals surface area contributed by atoms with E-state index in [0.29, 0.717) is 0 Å². The van der Waals surface area contributed by atoms with Gasteiger partial charge in [0.05, 0.1) is 5.41 Å². The molecule has 0 unspecified atom stereocenters. The molecule has 0 N–H and O–H groups in total. The predicted octanol–water partition coefficient (Wildman–Crippen LogP) is 12.1. The normalized spacial score (nSPS) is 20.6. The van der Waals surface area contributed by atoms with Crippen LogP contribution in [-0.2, 0) is 10.8 Å². The fraction of sp³-hybridized carbons (Fsp3) is 0.500. The summed E-state index contributed by atoms with van der Waals surface area (Å²) in [6, 6.07) is 18.0. The van der Waals surface area contributed by atoms with Crippen LogP contribution in [-0.4, -0.2) is 23.4 Å². The van der Waals surface area contributed by atoms with Gasteiger partial charge in [0.2, 0.25) is 5.69 Å². The van der Waals surface area contributed by atoms with Crippen LogP contribution in [0.4, 0.5) is 11.4 Å². The lowest BCUT2D eigenvalue weighted by molar-refractivity contribution is -0.438. The minimum atomic E-state index is -0.0354. The van der Waals surface area contributed by atoms with Crippen LogP contribution in [0.2, 0.25) is 0 Å². The van der Waals surface area contributed by atoms with Gasteiger partial charge < -0.3 is 4.90 Å². The lowest BCUT2D eigenvalue weighted by Gasteiger charge is -2.27. The molecule has 2 heterocycles. The Bertz CT molecular complexity index is 1510. The van der Waals surface area contributed by atoms with E-state index in [1.54, 1.807) is 0 Å². The van der Waals surface area contributed by atoms with Crippen LogP contribution in [0.25, 0.3) is 0 Å². The summed E-state index contributed by atoms with van der Waals surface area (Å²) in [7, 11) is 0. The van der Waals surface area contributed by atoms with Gasteiger partial charge in [-0.1, -0.05) is 120 Å². The van der Waals surface area contributed by atoms with E-state index in [9.17, 15) is 0 Å². The lowest BCUT2D eigenvalue weighted by atomic mass is 9.81. The van der Waals surface area contributed by atoms with Crippen molar-refractivity contribution >= 4 is 28.7 Å². The molecule has 0 radical (unpaired) electrons. The summed E-state index contributed by atoms with van der Waals surface area (Å²) < 4.78 is 2.58. The zero-order valence-corrected chi connectivity index (χ0v) is 29.6. The Kier molecular flexibility index (Phi) is 11.0. The van der Waals surface area contributed by atoms with Crippen LogP contribution in [0, 0.1) is 0 Å². The molecule has 0 saturated carbocycles. The Hall–Kier alpha value is -2.84. The second-order valence-electron chi connectivity index (χ2n) is 14.4. The molecule has 3 heteroatoms. The minimum absolute atomic E-state index is 0.0354. The third kappa shape index (κ3) is 6.97. The molecule has 2 nitrogen and oxygen atoms in total. The highest BCUT2D eigenvalue weighted by atomic mass is 35.5. The van der Waals surface area contributed by atoms with E-state index in [1.165, 1.54) is 96.4 Å². The summed E-state index contributed by atoms with van der Waals surface area (Å²) in [5.41, 5.74) is 10.8. The fourth-order valence-corrected chi connectivity index (χ4v) is 8.04. The number of benzene rings is 2. The highest BCUT2D eigenvalue weighted by Gasteiger charge is 2.44. The van der Waals surface area contributed by atoms with E-state index in [4.69, 9.17) is 11.6 Å². The van der Waals surface area contributed by atoms with Crippen LogP contribution in [0.15, 0.2) is 94.7 Å². The van der Waals surface area contributed by atoms with Crippen molar-refractivity contribution in [1.29, 1.82) is 0 Å². The summed E-state index contributed by atoms with van der Waals surface area (Å²) in [6.07, 6.45) is 22.8. The Morgan fingerprint density at radius 3 is 2.20 bits per heavy atom. The number of hydrogen-bond donors (Lipinski definition) is 0. The number of fused-ring (bicyclic) bond motifs is 2. The summed E-state index contributed by atoms with van der Waals surface area (Å²) in [5, 5.41) is 0.945. The van der Waals surface area contributed by atoms with Crippen LogP contribution < -0.4 is 4.90 Å². The molecular formula is C42H56ClN2+. The topological polar surface area (TPSA) is 6.25 Å². The number of anilines is 1. The Morgan fingerprint density at radius 1 is 0.756 bits per heavy atom. The quantitative estimate of drug-likeness (QED) is 0.159. The molecule has 2 aromatic carbocycles. The molecule has 3 aliphatic rings. The van der Waals surface area contributed by atoms with Crippen LogP contribution in [0.1, 0.15) is 123 Å². The number of nitrogens with zero attached hydrogens (tertiary/aromatic N) is 2. The molecule has 2 aromatic rings. The van der Waals surface area contributed by atoms with E-state index < -0.39 is 0 Å². The fourth-order valence-electron chi connectivity index (χ4n) is 7.72. The van der Waals surface area contributed by atoms with E-state index >= 15 is 0 Å². The monoisotopic (exact) mass is 623 g/mol. The maximum Gasteiger partial charge on any atom is 0.209 e. The third-order valence-electron chi connectivity index (χ3n) is 10.4. The van der Waals surface area contributed by atoms with E-state index in [-0.39, 0.29) is 10.8 Å². The van der Waals surface area contributed by atoms with Gasteiger partial charge in [0.1, 0.15) is 6.54 Å². The first-order valence-corrected chi connectivity index (χ1v) is 18.2. The van der Waals surface area contributed by atoms with Crippen LogP contribution in [0.5, 0.6) is 0 Å². The Labute approximate surface area is 279 Å². The number of halogens is 1. The predicted molar refractivity (Wildman–Crippen MR) is 196 cm³/mol. The van der Waals surface area contributed by atoms with Gasteiger partial charge in [-0.05, 0) is 74.8 Å². The summed E-state index contributed by atoms with van der Waals surface area (Å²) in [6.45, 7) is 16.2. The van der Waals surface area contributed by atoms with Crippen molar-refractivity contribution in [1.82, 2.24) is 0 Å². The summed E-state index contributed by atoms with van der Waals surface area (Å²) in [5.74, 6) is 0. The molecule has 1 aliphatic carbocycles. The van der Waals surface area contributed by atoms with Gasteiger partial charge in [0.15, 0.2) is 5.71 Å². The smallest absolute Gasteiger partial charge is 0.209 e. The van der Waals surface area contributed by atoms with Crippen molar-refractivity contribution < 1.29 is 4.58 Å². The first-order chi connectivity index (χ1) is 21.7. The van der Waals surface area contributed by atoms with Crippen molar-refractivity contribution in [3.63, 3.8) is 0 Å². The van der Waals surface area contributed by atoms with Gasteiger partial charge in [0.25, 0.3) is 0 Å². The minimum Gasteiger partial charge on any atom is -0.344 e. The summed E-state index contributed by atoms with van der Waals surface area (Å²) >= 11 is 7.24. The maximum atomic E-state index is 7.24. The molecule has 2 aliphatic heterocycles. The number of rotatable bonds is 13. The van der Waals surface area contributed by atoms with E-state index in [1.807, 2.05) is 0 Å². The number of allylic oxidation sites excluding steroid dienone is 8. The van der Waals surface area contributed by atoms with Gasteiger partial charge in [-0.25, -0.2) is 0 Å². The largest absolute Gasteiger partial charge is 0.344 e. The van der Waals surface area contributed by atoms with Crippen molar-refractivity contribution in [3.05, 3.63) is 106 Å². The lowest BCUT2D eigenvalue weighted by Crippen LogP contribution is -2.28. The maximum absolute atomic E-state index is 7.24. The van der Waals surface area contributed by atoms with Gasteiger partial charge in [-0.2, -0.15) is 4.58 Å². The first-order valence-electron chi connectivity index (χ1n) is 17.8. The van der Waals surface area contributed by atoms with Crippen LogP contribution >= 0.6 is 11.6 Å². The number of hydrogen-bond acceptors (Lipinski definition) is 1. The Balaban J connectivity index is 1.44. The molecule has 45 heavy (non-hydrogen) atoms. The van der Waals surface area contributed by atoms with Crippen molar-refractivity contribution in [2.24, 2.45) is 0 Å². The van der Waals surface area contributed by atoms with Gasteiger partial charge in [-0.15, -0.1) is 0 Å². The number of para-hydroxylation sites is 2. The zero-order valence-electron chi connectivity index (χ0n) is 28.9. The molecule has 0 fully saturated rings. The van der Waals surface area contributed by atoms with E-state index in [0.717, 1.165) is 37.4 Å². The van der Waals surface area contributed by atoms with Gasteiger partial charge in [-0.3, -0.25) is 0 Å². The van der Waals surface area contributed by atoms with Crippen molar-refractivity contribution in [2.45, 2.75) is 123 Å². The van der Waals surface area contributed by atoms with Crippen molar-refractivity contribution in [3.8, 4) is 0 Å². The zero-order chi connectivity index (χ0) is 32.0. The summed E-state index contributed by atoms with van der Waals surface area (Å²) in [4.78, 5) is 2.58. The third-order valence-corrected chi connectivity index (χ3v) is 10.9. The van der Waals surface area contributed by atoms with Crippen molar-refractivity contribution in [2.75, 3.05) is 18.0 Å². The second kappa shape index (κ2) is 14.7. The second-order valence-corrected chi connectivity index (χ2v) is 14.7. The molecule has 5 rings (SSSR count). The van der Waals surface area contributed by atoms with Crippen LogP contribution in [0.3, 0.4) is 0 Å². The highest BCUT2D eigenvalue weighted by molar-refractivity contribution is 6.32. The Morgan fingerprint density at radius 2 is 1.44 bits per heavy atom. The molecule has 0 aromatic heterocycles.